The van der Waals surface area contributed by atoms with Crippen molar-refractivity contribution in [3.8, 4) is 5.75 Å². The van der Waals surface area contributed by atoms with E-state index in [0.29, 0.717) is 5.75 Å². The molecule has 1 aromatic heterocycles. The third-order valence-corrected chi connectivity index (χ3v) is 7.21. The Morgan fingerprint density at radius 3 is 2.48 bits per heavy atom. The number of anilines is 1. The van der Waals surface area contributed by atoms with Crippen LogP contribution in [0.2, 0.25) is 0 Å². The Bertz CT molecular complexity index is 1310. The van der Waals surface area contributed by atoms with E-state index in [0.717, 1.165) is 21.5 Å². The van der Waals surface area contributed by atoms with Gasteiger partial charge in [-0.2, -0.15) is 0 Å². The van der Waals surface area contributed by atoms with Crippen molar-refractivity contribution in [2.45, 2.75) is 44.9 Å². The van der Waals surface area contributed by atoms with E-state index in [9.17, 15) is 4.79 Å². The van der Waals surface area contributed by atoms with Crippen molar-refractivity contribution >= 4 is 34.4 Å². The van der Waals surface area contributed by atoms with E-state index in [1.165, 1.54) is 62.0 Å². The van der Waals surface area contributed by atoms with Crippen LogP contribution in [0.15, 0.2) is 90.0 Å². The van der Waals surface area contributed by atoms with Gasteiger partial charge in [-0.25, -0.2) is 0 Å². The molecule has 0 bridgehead atoms. The van der Waals surface area contributed by atoms with Gasteiger partial charge in [-0.05, 0) is 98.7 Å². The van der Waals surface area contributed by atoms with Crippen LogP contribution in [0, 0.1) is 6.92 Å². The number of rotatable bonds is 9. The quantitative estimate of drug-likeness (QED) is 0.213. The lowest BCUT2D eigenvalue weighted by Crippen LogP contribution is -2.24. The fourth-order valence-corrected chi connectivity index (χ4v) is 5.08. The first-order valence-corrected chi connectivity index (χ1v) is 14.9. The SMILES string of the molecule is CC.CNC(=O)COc1ccc(NSc2cccc(C)c2)c2ncccc12.c1ccc(CCN2CCCC2)cc1. The number of benzene rings is 3. The van der Waals surface area contributed by atoms with Gasteiger partial charge in [0, 0.05) is 30.1 Å². The number of carbonyl (C=O) groups is 1. The zero-order valence-corrected chi connectivity index (χ0v) is 25.0. The van der Waals surface area contributed by atoms with Crippen LogP contribution in [0.1, 0.15) is 37.8 Å². The molecule has 0 saturated carbocycles. The predicted molar refractivity (Wildman–Crippen MR) is 169 cm³/mol. The van der Waals surface area contributed by atoms with E-state index in [4.69, 9.17) is 4.74 Å². The molecule has 0 radical (unpaired) electrons. The number of amides is 1. The molecule has 2 heterocycles. The monoisotopic (exact) mass is 558 g/mol. The van der Waals surface area contributed by atoms with Gasteiger partial charge in [0.05, 0.1) is 11.2 Å². The summed E-state index contributed by atoms with van der Waals surface area (Å²) in [5.41, 5.74) is 4.38. The summed E-state index contributed by atoms with van der Waals surface area (Å²) in [6.45, 7) is 9.91. The fraction of sp³-hybridized carbons (Fsp3) is 0.333. The molecule has 0 spiro atoms. The second-order valence-corrected chi connectivity index (χ2v) is 10.2. The van der Waals surface area contributed by atoms with Crippen molar-refractivity contribution in [2.24, 2.45) is 0 Å². The Morgan fingerprint density at radius 2 is 1.75 bits per heavy atom. The highest BCUT2D eigenvalue weighted by Crippen LogP contribution is 2.32. The molecule has 7 heteroatoms. The standard InChI is InChI=1S/C19H19N3O2S.C12H17N.C2H6/c1-13-5-3-6-14(11-13)25-22-16-8-9-17(24-12-18(23)20-2)15-7-4-10-21-19(15)16;1-2-6-12(7-3-1)8-11-13-9-4-5-10-13;1-2/h3-11,22H,12H2,1-2H3,(H,20,23);1-3,6-7H,4-5,8-11H2;1-2H3. The number of fused-ring (bicyclic) bond motifs is 1. The molecule has 5 rings (SSSR count). The molecule has 4 aromatic rings. The van der Waals surface area contributed by atoms with Crippen LogP contribution in [0.25, 0.3) is 10.9 Å². The van der Waals surface area contributed by atoms with Crippen molar-refractivity contribution in [3.05, 3.63) is 96.2 Å². The van der Waals surface area contributed by atoms with Crippen LogP contribution in [-0.2, 0) is 11.2 Å². The predicted octanol–water partition coefficient (Wildman–Crippen LogP) is 7.14. The zero-order chi connectivity index (χ0) is 28.6. The molecule has 0 aliphatic carbocycles. The van der Waals surface area contributed by atoms with Crippen LogP contribution in [0.4, 0.5) is 5.69 Å². The molecule has 1 amide bonds. The Balaban J connectivity index is 0.000000246. The minimum absolute atomic E-state index is 0.0225. The van der Waals surface area contributed by atoms with Gasteiger partial charge in [-0.1, -0.05) is 56.3 Å². The van der Waals surface area contributed by atoms with E-state index in [1.54, 1.807) is 13.2 Å². The van der Waals surface area contributed by atoms with Crippen molar-refractivity contribution in [2.75, 3.05) is 38.0 Å². The number of aromatic nitrogens is 1. The first-order chi connectivity index (χ1) is 19.6. The Labute approximate surface area is 243 Å². The summed E-state index contributed by atoms with van der Waals surface area (Å²) in [4.78, 5) is 19.6. The number of nitrogens with zero attached hydrogens (tertiary/aromatic N) is 2. The second kappa shape index (κ2) is 17.2. The summed E-state index contributed by atoms with van der Waals surface area (Å²) < 4.78 is 8.97. The highest BCUT2D eigenvalue weighted by molar-refractivity contribution is 8.00. The topological polar surface area (TPSA) is 66.5 Å². The fourth-order valence-electron chi connectivity index (χ4n) is 4.30. The van der Waals surface area contributed by atoms with Gasteiger partial charge in [-0.15, -0.1) is 0 Å². The molecule has 6 nitrogen and oxygen atoms in total. The summed E-state index contributed by atoms with van der Waals surface area (Å²) in [5.74, 6) is 0.465. The van der Waals surface area contributed by atoms with Gasteiger partial charge >= 0.3 is 0 Å². The molecule has 1 aliphatic heterocycles. The largest absolute Gasteiger partial charge is 0.483 e. The van der Waals surface area contributed by atoms with Crippen molar-refractivity contribution in [3.63, 3.8) is 0 Å². The molecular formula is C33H42N4O2S. The lowest BCUT2D eigenvalue weighted by Gasteiger charge is -2.13. The smallest absolute Gasteiger partial charge is 0.257 e. The highest BCUT2D eigenvalue weighted by Gasteiger charge is 2.11. The number of likely N-dealkylation sites (tertiary alicyclic amines) is 1. The molecule has 2 N–H and O–H groups in total. The number of nitrogens with one attached hydrogen (secondary N) is 2. The summed E-state index contributed by atoms with van der Waals surface area (Å²) in [6.07, 6.45) is 5.75. The number of hydrogen-bond donors (Lipinski definition) is 2. The van der Waals surface area contributed by atoms with Crippen molar-refractivity contribution in [1.82, 2.24) is 15.2 Å². The van der Waals surface area contributed by atoms with Crippen LogP contribution in [0.5, 0.6) is 5.75 Å². The van der Waals surface area contributed by atoms with Crippen LogP contribution < -0.4 is 14.8 Å². The van der Waals surface area contributed by atoms with E-state index in [2.05, 4.69) is 75.4 Å². The average Bonchev–Trinajstić information content (AvgIpc) is 3.54. The maximum Gasteiger partial charge on any atom is 0.257 e. The van der Waals surface area contributed by atoms with Gasteiger partial charge in [0.1, 0.15) is 5.75 Å². The van der Waals surface area contributed by atoms with E-state index in [-0.39, 0.29) is 12.5 Å². The lowest BCUT2D eigenvalue weighted by molar-refractivity contribution is -0.122. The number of pyridine rings is 1. The lowest BCUT2D eigenvalue weighted by atomic mass is 10.1. The van der Waals surface area contributed by atoms with Crippen LogP contribution >= 0.6 is 11.9 Å². The zero-order valence-electron chi connectivity index (χ0n) is 24.2. The Morgan fingerprint density at radius 1 is 0.975 bits per heavy atom. The molecule has 40 heavy (non-hydrogen) atoms. The highest BCUT2D eigenvalue weighted by atomic mass is 32.2. The van der Waals surface area contributed by atoms with Crippen LogP contribution in [-0.4, -0.2) is 49.1 Å². The number of ether oxygens (including phenoxy) is 1. The van der Waals surface area contributed by atoms with Gasteiger partial charge in [-0.3, -0.25) is 9.78 Å². The molecule has 1 fully saturated rings. The summed E-state index contributed by atoms with van der Waals surface area (Å²) in [5, 5.41) is 3.40. The first-order valence-electron chi connectivity index (χ1n) is 14.1. The molecular weight excluding hydrogens is 516 g/mol. The second-order valence-electron chi connectivity index (χ2n) is 9.28. The molecule has 1 aliphatic rings. The van der Waals surface area contributed by atoms with E-state index < -0.39 is 0 Å². The summed E-state index contributed by atoms with van der Waals surface area (Å²) in [6, 6.07) is 26.6. The van der Waals surface area contributed by atoms with Gasteiger partial charge in [0.2, 0.25) is 0 Å². The normalized spacial score (nSPS) is 12.5. The number of aryl methyl sites for hydroxylation is 1. The summed E-state index contributed by atoms with van der Waals surface area (Å²) >= 11 is 1.54. The molecule has 3 aromatic carbocycles. The molecule has 0 unspecified atom stereocenters. The third-order valence-electron chi connectivity index (χ3n) is 6.39. The Kier molecular flexibility index (Phi) is 13.3. The Hall–Kier alpha value is -3.55. The average molecular weight is 559 g/mol. The third kappa shape index (κ3) is 9.88. The van der Waals surface area contributed by atoms with Crippen molar-refractivity contribution in [1.29, 1.82) is 0 Å². The summed E-state index contributed by atoms with van der Waals surface area (Å²) in [7, 11) is 1.58. The number of hydrogen-bond acceptors (Lipinski definition) is 6. The number of likely N-dealkylation sites (N-methyl/N-ethyl adjacent to an activating group) is 1. The first kappa shape index (κ1) is 31.0. The van der Waals surface area contributed by atoms with Gasteiger partial charge in [0.25, 0.3) is 5.91 Å². The minimum atomic E-state index is -0.172. The minimum Gasteiger partial charge on any atom is -0.483 e. The maximum atomic E-state index is 11.4. The number of carbonyl (C=O) groups excluding carboxylic acids is 1. The van der Waals surface area contributed by atoms with Crippen molar-refractivity contribution < 1.29 is 9.53 Å². The van der Waals surface area contributed by atoms with Gasteiger partial charge < -0.3 is 19.7 Å². The van der Waals surface area contributed by atoms with Crippen LogP contribution in [0.3, 0.4) is 0 Å². The maximum absolute atomic E-state index is 11.4. The molecule has 0 atom stereocenters. The van der Waals surface area contributed by atoms with Gasteiger partial charge in [0.15, 0.2) is 6.61 Å². The molecule has 1 saturated heterocycles. The molecule has 212 valence electrons. The van der Waals surface area contributed by atoms with E-state index in [1.807, 2.05) is 44.2 Å². The van der Waals surface area contributed by atoms with E-state index >= 15 is 0 Å².